The summed E-state index contributed by atoms with van der Waals surface area (Å²) in [6.07, 6.45) is 0. The van der Waals surface area contributed by atoms with Crippen molar-refractivity contribution in [1.82, 2.24) is 4.90 Å². The number of anilines is 2. The zero-order chi connectivity index (χ0) is 18.5. The van der Waals surface area contributed by atoms with Crippen molar-refractivity contribution in [2.24, 2.45) is 0 Å². The van der Waals surface area contributed by atoms with Crippen LogP contribution in [-0.4, -0.2) is 49.5 Å². The summed E-state index contributed by atoms with van der Waals surface area (Å²) in [5, 5.41) is 2.80. The molecule has 0 spiro atoms. The van der Waals surface area contributed by atoms with E-state index in [1.165, 1.54) is 0 Å². The molecular weight excluding hydrogens is 330 g/mol. The highest BCUT2D eigenvalue weighted by atomic mass is 16.5. The fourth-order valence-corrected chi connectivity index (χ4v) is 2.86. The first-order valence-electron chi connectivity index (χ1n) is 8.64. The normalized spacial score (nSPS) is 14.6. The maximum absolute atomic E-state index is 12.9. The van der Waals surface area contributed by atoms with Gasteiger partial charge in [0, 0.05) is 6.54 Å². The first-order valence-corrected chi connectivity index (χ1v) is 8.64. The van der Waals surface area contributed by atoms with E-state index >= 15 is 0 Å². The molecule has 2 aromatic rings. The van der Waals surface area contributed by atoms with Crippen molar-refractivity contribution in [2.75, 3.05) is 37.0 Å². The van der Waals surface area contributed by atoms with E-state index in [1.54, 1.807) is 11.0 Å². The van der Waals surface area contributed by atoms with Gasteiger partial charge in [-0.1, -0.05) is 30.3 Å². The molecule has 0 aromatic heterocycles. The summed E-state index contributed by atoms with van der Waals surface area (Å²) in [7, 11) is 1.88. The van der Waals surface area contributed by atoms with Gasteiger partial charge >= 0.3 is 0 Å². The van der Waals surface area contributed by atoms with Crippen molar-refractivity contribution in [2.45, 2.75) is 13.0 Å². The van der Waals surface area contributed by atoms with Gasteiger partial charge in [0.15, 0.2) is 0 Å². The fourth-order valence-electron chi connectivity index (χ4n) is 2.86. The molecule has 2 aromatic carbocycles. The Bertz CT molecular complexity index is 779. The third kappa shape index (κ3) is 4.03. The van der Waals surface area contributed by atoms with Gasteiger partial charge in [-0.05, 0) is 38.2 Å². The Kier molecular flexibility index (Phi) is 5.53. The molecular formula is C20H23N3O3. The fraction of sp³-hybridized carbons (Fsp3) is 0.300. The van der Waals surface area contributed by atoms with Gasteiger partial charge in [0.25, 0.3) is 0 Å². The molecule has 0 saturated carbocycles. The van der Waals surface area contributed by atoms with Crippen LogP contribution in [0.4, 0.5) is 11.4 Å². The minimum atomic E-state index is -0.367. The molecule has 1 N–H and O–H groups in total. The van der Waals surface area contributed by atoms with Gasteiger partial charge in [-0.25, -0.2) is 0 Å². The van der Waals surface area contributed by atoms with E-state index in [0.29, 0.717) is 18.8 Å². The van der Waals surface area contributed by atoms with Crippen molar-refractivity contribution < 1.29 is 14.3 Å². The molecule has 1 aliphatic rings. The van der Waals surface area contributed by atoms with Crippen LogP contribution in [0.5, 0.6) is 5.75 Å². The molecule has 0 radical (unpaired) electrons. The lowest BCUT2D eigenvalue weighted by molar-refractivity contribution is -0.125. The minimum Gasteiger partial charge on any atom is -0.492 e. The van der Waals surface area contributed by atoms with E-state index in [2.05, 4.69) is 5.32 Å². The molecule has 2 amide bonds. The van der Waals surface area contributed by atoms with Crippen molar-refractivity contribution >= 4 is 23.2 Å². The van der Waals surface area contributed by atoms with Gasteiger partial charge in [0.1, 0.15) is 18.9 Å². The molecule has 0 bridgehead atoms. The Morgan fingerprint density at radius 3 is 2.65 bits per heavy atom. The number of nitrogens with one attached hydrogen (secondary N) is 1. The lowest BCUT2D eigenvalue weighted by Crippen LogP contribution is -2.50. The summed E-state index contributed by atoms with van der Waals surface area (Å²) in [6.45, 7) is 2.97. The molecule has 1 atom stereocenters. The van der Waals surface area contributed by atoms with Gasteiger partial charge < -0.3 is 10.1 Å². The van der Waals surface area contributed by atoms with E-state index in [-0.39, 0.29) is 24.4 Å². The standard InChI is InChI=1S/C20H23N3O3/c1-15(22(2)12-13-26-16-8-4-3-5-9-16)20(25)23-14-19(24)21-17-10-6-7-11-18(17)23/h3-11,15H,12-14H2,1-2H3,(H,21,24)/t15-/m0/s1. The highest BCUT2D eigenvalue weighted by molar-refractivity contribution is 6.11. The predicted molar refractivity (Wildman–Crippen MR) is 101 cm³/mol. The molecule has 0 unspecified atom stereocenters. The monoisotopic (exact) mass is 353 g/mol. The maximum atomic E-state index is 12.9. The van der Waals surface area contributed by atoms with E-state index < -0.39 is 0 Å². The minimum absolute atomic E-state index is 0.0363. The summed E-state index contributed by atoms with van der Waals surface area (Å²) in [5.41, 5.74) is 1.40. The Balaban J connectivity index is 1.61. The van der Waals surface area contributed by atoms with E-state index in [1.807, 2.05) is 67.4 Å². The summed E-state index contributed by atoms with van der Waals surface area (Å²) < 4.78 is 5.69. The number of para-hydroxylation sites is 3. The van der Waals surface area contributed by atoms with Crippen molar-refractivity contribution in [3.8, 4) is 5.75 Å². The van der Waals surface area contributed by atoms with Crippen molar-refractivity contribution in [3.63, 3.8) is 0 Å². The van der Waals surface area contributed by atoms with Gasteiger partial charge in [-0.3, -0.25) is 19.4 Å². The molecule has 0 fully saturated rings. The third-order valence-electron chi connectivity index (χ3n) is 4.51. The molecule has 6 nitrogen and oxygen atoms in total. The van der Waals surface area contributed by atoms with Gasteiger partial charge in [0.05, 0.1) is 17.4 Å². The maximum Gasteiger partial charge on any atom is 0.244 e. The van der Waals surface area contributed by atoms with Crippen LogP contribution in [0.3, 0.4) is 0 Å². The first-order chi connectivity index (χ1) is 12.6. The Labute approximate surface area is 153 Å². The molecule has 0 aliphatic carbocycles. The quantitative estimate of drug-likeness (QED) is 0.866. The van der Waals surface area contributed by atoms with Crippen LogP contribution in [0.1, 0.15) is 6.92 Å². The topological polar surface area (TPSA) is 61.9 Å². The number of nitrogens with zero attached hydrogens (tertiary/aromatic N) is 2. The highest BCUT2D eigenvalue weighted by Crippen LogP contribution is 2.29. The van der Waals surface area contributed by atoms with Crippen molar-refractivity contribution in [3.05, 3.63) is 54.6 Å². The summed E-state index contributed by atoms with van der Waals surface area (Å²) in [4.78, 5) is 28.3. The number of carbonyl (C=O) groups excluding carboxylic acids is 2. The van der Waals surface area contributed by atoms with E-state index in [9.17, 15) is 9.59 Å². The second-order valence-corrected chi connectivity index (χ2v) is 6.31. The number of fused-ring (bicyclic) bond motifs is 1. The van der Waals surface area contributed by atoms with Gasteiger partial charge in [-0.2, -0.15) is 0 Å². The number of rotatable bonds is 6. The van der Waals surface area contributed by atoms with E-state index in [0.717, 1.165) is 11.4 Å². The average Bonchev–Trinajstić information content (AvgIpc) is 2.66. The largest absolute Gasteiger partial charge is 0.492 e. The predicted octanol–water partition coefficient (Wildman–Crippen LogP) is 2.37. The van der Waals surface area contributed by atoms with Gasteiger partial charge in [0.2, 0.25) is 11.8 Å². The van der Waals surface area contributed by atoms with Crippen LogP contribution in [0.25, 0.3) is 0 Å². The number of benzene rings is 2. The summed E-state index contributed by atoms with van der Waals surface area (Å²) in [6, 6.07) is 16.6. The Hall–Kier alpha value is -2.86. The van der Waals surface area contributed by atoms with Crippen LogP contribution in [0, 0.1) is 0 Å². The second-order valence-electron chi connectivity index (χ2n) is 6.31. The zero-order valence-corrected chi connectivity index (χ0v) is 15.0. The van der Waals surface area contributed by atoms with Crippen molar-refractivity contribution in [1.29, 1.82) is 0 Å². The zero-order valence-electron chi connectivity index (χ0n) is 15.0. The highest BCUT2D eigenvalue weighted by Gasteiger charge is 2.31. The molecule has 1 aliphatic heterocycles. The number of hydrogen-bond acceptors (Lipinski definition) is 4. The lowest BCUT2D eigenvalue weighted by atomic mass is 10.1. The number of carbonyl (C=O) groups is 2. The number of amides is 2. The molecule has 26 heavy (non-hydrogen) atoms. The average molecular weight is 353 g/mol. The Morgan fingerprint density at radius 2 is 1.88 bits per heavy atom. The Morgan fingerprint density at radius 1 is 1.19 bits per heavy atom. The van der Waals surface area contributed by atoms with Gasteiger partial charge in [-0.15, -0.1) is 0 Å². The molecule has 136 valence electrons. The second kappa shape index (κ2) is 8.01. The smallest absolute Gasteiger partial charge is 0.244 e. The van der Waals surface area contributed by atoms with Crippen LogP contribution < -0.4 is 15.0 Å². The molecule has 1 heterocycles. The third-order valence-corrected chi connectivity index (χ3v) is 4.51. The first kappa shape index (κ1) is 17.9. The summed E-state index contributed by atoms with van der Waals surface area (Å²) in [5.74, 6) is 0.523. The summed E-state index contributed by atoms with van der Waals surface area (Å²) >= 11 is 0. The van der Waals surface area contributed by atoms with Crippen LogP contribution >= 0.6 is 0 Å². The number of likely N-dealkylation sites (N-methyl/N-ethyl adjacent to an activating group) is 1. The SMILES string of the molecule is C[C@@H](C(=O)N1CC(=O)Nc2ccccc21)N(C)CCOc1ccccc1. The lowest BCUT2D eigenvalue weighted by Gasteiger charge is -2.33. The molecule has 3 rings (SSSR count). The van der Waals surface area contributed by atoms with Crippen LogP contribution in [0.15, 0.2) is 54.6 Å². The molecule has 0 saturated heterocycles. The number of ether oxygens (including phenoxy) is 1. The number of hydrogen-bond donors (Lipinski definition) is 1. The van der Waals surface area contributed by atoms with Crippen LogP contribution in [0.2, 0.25) is 0 Å². The molecule has 6 heteroatoms. The van der Waals surface area contributed by atoms with E-state index in [4.69, 9.17) is 4.74 Å². The van der Waals surface area contributed by atoms with Crippen LogP contribution in [-0.2, 0) is 9.59 Å².